The fourth-order valence-corrected chi connectivity index (χ4v) is 5.43. The van der Waals surface area contributed by atoms with E-state index in [0.717, 1.165) is 12.8 Å². The molecule has 5 heteroatoms. The van der Waals surface area contributed by atoms with Crippen molar-refractivity contribution >= 4 is 25.7 Å². The number of hydrogen-bond acceptors (Lipinski definition) is 3. The van der Waals surface area contributed by atoms with Crippen LogP contribution in [0.1, 0.15) is 33.6 Å². The number of ketones is 1. The molecule has 3 nitrogen and oxygen atoms in total. The Kier molecular flexibility index (Phi) is 2.15. The summed E-state index contributed by atoms with van der Waals surface area (Å²) in [5.41, 5.74) is -0.647. The van der Waals surface area contributed by atoms with Crippen LogP contribution >= 0.6 is 0 Å². The van der Waals surface area contributed by atoms with Gasteiger partial charge in [0, 0.05) is 16.6 Å². The van der Waals surface area contributed by atoms with E-state index in [1.807, 2.05) is 20.8 Å². The topological polar surface area (TPSA) is 54.4 Å². The van der Waals surface area contributed by atoms with E-state index in [-0.39, 0.29) is 17.1 Å². The largest absolute Gasteiger partial charge is 0.305 e. The molecule has 2 bridgehead atoms. The summed E-state index contributed by atoms with van der Waals surface area (Å²) in [6.45, 7) is 5.95. The van der Waals surface area contributed by atoms with Crippen LogP contribution in [0, 0.1) is 16.7 Å². The van der Waals surface area contributed by atoms with Gasteiger partial charge in [0.15, 0.2) is 14.6 Å². The molecule has 0 amide bonds. The first-order valence-corrected chi connectivity index (χ1v) is 7.63. The normalized spacial score (nSPS) is 46.8. The van der Waals surface area contributed by atoms with Crippen molar-refractivity contribution in [3.05, 3.63) is 0 Å². The van der Waals surface area contributed by atoms with E-state index in [9.17, 15) is 13.6 Å². The monoisotopic (exact) mass is 248 g/mol. The third-order valence-corrected chi connectivity index (χ3v) is 6.60. The number of carbonyl (C=O) groups excluding carboxylic acids is 1. The summed E-state index contributed by atoms with van der Waals surface area (Å²) in [7, 11) is -3.41. The van der Waals surface area contributed by atoms with Gasteiger partial charge >= 0.3 is 0 Å². The van der Waals surface area contributed by atoms with Crippen molar-refractivity contribution in [1.82, 2.24) is 0 Å². The first-order valence-electron chi connectivity index (χ1n) is 5.13. The van der Waals surface area contributed by atoms with Gasteiger partial charge in [-0.25, -0.2) is 4.21 Å². The molecule has 0 aromatic rings. The van der Waals surface area contributed by atoms with Crippen LogP contribution in [0.25, 0.3) is 0 Å². The summed E-state index contributed by atoms with van der Waals surface area (Å²) in [6.07, 6.45) is 1.67. The molecule has 0 heterocycles. The molecular weight excluding hydrogens is 232 g/mol. The number of rotatable bonds is 1. The van der Waals surface area contributed by atoms with Crippen LogP contribution in [0.15, 0.2) is 0 Å². The summed E-state index contributed by atoms with van der Waals surface area (Å²) in [6, 6.07) is 0. The molecule has 2 rings (SSSR count). The fraction of sp³-hybridized carbons (Fsp3) is 0.900. The molecule has 86 valence electrons. The number of carbonyl (C=O) groups is 1. The average Bonchev–Trinajstić information content (AvgIpc) is 2.33. The van der Waals surface area contributed by atoms with Gasteiger partial charge in [0.05, 0.1) is 0 Å². The molecule has 4 unspecified atom stereocenters. The Bertz CT molecular complexity index is 424. The van der Waals surface area contributed by atoms with Crippen LogP contribution in [-0.4, -0.2) is 19.8 Å². The van der Waals surface area contributed by atoms with Crippen LogP contribution in [0.5, 0.6) is 0 Å². The second-order valence-electron chi connectivity index (χ2n) is 5.50. The minimum absolute atomic E-state index is 0.0231. The Morgan fingerprint density at radius 3 is 2.27 bits per heavy atom. The molecule has 1 N–H and O–H groups in total. The third-order valence-electron chi connectivity index (χ3n) is 4.79. The summed E-state index contributed by atoms with van der Waals surface area (Å²) in [5, 5.41) is -0.818. The standard InChI is InChI=1S/C10H16O3S2/c1-9(2)6-4-5-10(9,3)8(11)7(6)15(12,13)14/h6-7H,4-5H2,1-3H3,(H,12,13,14). The number of Topliss-reactive ketones (excluding diaryl/α,β-unsaturated/α-hetero) is 1. The van der Waals surface area contributed by atoms with E-state index in [0.29, 0.717) is 0 Å². The highest BCUT2D eigenvalue weighted by molar-refractivity contribution is 8.30. The molecule has 0 aliphatic heterocycles. The van der Waals surface area contributed by atoms with E-state index < -0.39 is 19.4 Å². The number of fused-ring (bicyclic) bond motifs is 2. The molecule has 2 saturated carbocycles. The first kappa shape index (κ1) is 11.5. The van der Waals surface area contributed by atoms with Gasteiger partial charge in [-0.1, -0.05) is 20.8 Å². The van der Waals surface area contributed by atoms with Gasteiger partial charge < -0.3 is 4.55 Å². The highest BCUT2D eigenvalue weighted by Gasteiger charge is 2.68. The quantitative estimate of drug-likeness (QED) is 0.766. The van der Waals surface area contributed by atoms with Crippen molar-refractivity contribution in [2.45, 2.75) is 38.9 Å². The van der Waals surface area contributed by atoms with Gasteiger partial charge in [-0.05, 0) is 24.2 Å². The highest BCUT2D eigenvalue weighted by Crippen LogP contribution is 2.64. The predicted molar refractivity (Wildman–Crippen MR) is 61.5 cm³/mol. The molecule has 0 saturated heterocycles. The van der Waals surface area contributed by atoms with Gasteiger partial charge in [-0.15, -0.1) is 0 Å². The van der Waals surface area contributed by atoms with Gasteiger partial charge in [0.25, 0.3) is 0 Å². The lowest BCUT2D eigenvalue weighted by Gasteiger charge is -2.32. The van der Waals surface area contributed by atoms with Crippen LogP contribution in [-0.2, 0) is 24.8 Å². The van der Waals surface area contributed by atoms with Crippen molar-refractivity contribution in [1.29, 1.82) is 0 Å². The maximum Gasteiger partial charge on any atom is 0.157 e. The van der Waals surface area contributed by atoms with Crippen LogP contribution in [0.4, 0.5) is 0 Å². The van der Waals surface area contributed by atoms with Gasteiger partial charge in [-0.3, -0.25) is 4.79 Å². The molecule has 0 radical (unpaired) electrons. The van der Waals surface area contributed by atoms with Crippen molar-refractivity contribution in [2.24, 2.45) is 16.7 Å². The van der Waals surface area contributed by atoms with E-state index in [4.69, 9.17) is 0 Å². The van der Waals surface area contributed by atoms with E-state index in [2.05, 4.69) is 11.2 Å². The molecule has 0 aromatic heterocycles. The molecule has 2 aliphatic carbocycles. The summed E-state index contributed by atoms with van der Waals surface area (Å²) < 4.78 is 21.0. The second kappa shape index (κ2) is 2.81. The zero-order valence-electron chi connectivity index (χ0n) is 9.15. The van der Waals surface area contributed by atoms with Gasteiger partial charge in [0.2, 0.25) is 0 Å². The van der Waals surface area contributed by atoms with Crippen molar-refractivity contribution < 1.29 is 13.6 Å². The maximum atomic E-state index is 12.1. The van der Waals surface area contributed by atoms with Crippen LogP contribution in [0.2, 0.25) is 0 Å². The first-order chi connectivity index (χ1) is 6.62. The average molecular weight is 248 g/mol. The zero-order valence-corrected chi connectivity index (χ0v) is 10.8. The summed E-state index contributed by atoms with van der Waals surface area (Å²) in [4.78, 5) is 12.1. The molecule has 0 aromatic carbocycles. The lowest BCUT2D eigenvalue weighted by atomic mass is 9.70. The lowest BCUT2D eigenvalue weighted by molar-refractivity contribution is -0.127. The minimum Gasteiger partial charge on any atom is -0.305 e. The van der Waals surface area contributed by atoms with Crippen LogP contribution in [0.3, 0.4) is 0 Å². The van der Waals surface area contributed by atoms with Crippen LogP contribution < -0.4 is 0 Å². The van der Waals surface area contributed by atoms with Gasteiger partial charge in [0.1, 0.15) is 5.25 Å². The predicted octanol–water partition coefficient (Wildman–Crippen LogP) is 1.60. The van der Waals surface area contributed by atoms with Crippen molar-refractivity contribution in [3.63, 3.8) is 0 Å². The minimum atomic E-state index is -3.41. The lowest BCUT2D eigenvalue weighted by Crippen LogP contribution is -2.38. The molecule has 4 atom stereocenters. The molecular formula is C10H16O3S2. The van der Waals surface area contributed by atoms with E-state index in [1.54, 1.807) is 0 Å². The van der Waals surface area contributed by atoms with E-state index >= 15 is 0 Å². The Morgan fingerprint density at radius 2 is 2.00 bits per heavy atom. The Morgan fingerprint density at radius 1 is 1.47 bits per heavy atom. The Hall–Kier alpha value is -0.0000000000000000555. The molecule has 2 aliphatic rings. The van der Waals surface area contributed by atoms with Crippen molar-refractivity contribution in [2.75, 3.05) is 0 Å². The third kappa shape index (κ3) is 1.20. The molecule has 0 spiro atoms. The molecule has 15 heavy (non-hydrogen) atoms. The van der Waals surface area contributed by atoms with Gasteiger partial charge in [-0.2, -0.15) is 0 Å². The zero-order chi connectivity index (χ0) is 11.6. The Balaban J connectivity index is 2.57. The SMILES string of the molecule is CC12CCC(C(S(=O)(O)=S)C1=O)C2(C)C. The highest BCUT2D eigenvalue weighted by atomic mass is 32.8. The van der Waals surface area contributed by atoms with Crippen molar-refractivity contribution in [3.8, 4) is 0 Å². The van der Waals surface area contributed by atoms with E-state index in [1.165, 1.54) is 0 Å². The number of hydrogen-bond donors (Lipinski definition) is 1. The summed E-state index contributed by atoms with van der Waals surface area (Å²) >= 11 is 4.60. The Labute approximate surface area is 95.1 Å². The smallest absolute Gasteiger partial charge is 0.157 e. The molecule has 2 fully saturated rings. The second-order valence-corrected chi connectivity index (χ2v) is 8.47. The fourth-order valence-electron chi connectivity index (χ4n) is 3.35. The maximum absolute atomic E-state index is 12.1. The summed E-state index contributed by atoms with van der Waals surface area (Å²) in [5.74, 6) is -0.115.